The van der Waals surface area contributed by atoms with Gasteiger partial charge in [-0.2, -0.15) is 0 Å². The predicted octanol–water partition coefficient (Wildman–Crippen LogP) is 5.99. The molecule has 1 amide bonds. The molecule has 3 aromatic rings. The maximum atomic E-state index is 13.7. The summed E-state index contributed by atoms with van der Waals surface area (Å²) >= 11 is 1.62. The van der Waals surface area contributed by atoms with Crippen molar-refractivity contribution in [1.29, 1.82) is 0 Å². The number of nitrogens with one attached hydrogen (secondary N) is 1. The van der Waals surface area contributed by atoms with Crippen molar-refractivity contribution in [2.75, 3.05) is 5.32 Å². The second-order valence-corrected chi connectivity index (χ2v) is 7.10. The molecule has 0 unspecified atom stereocenters. The lowest BCUT2D eigenvalue weighted by atomic mass is 10.1. The van der Waals surface area contributed by atoms with Crippen molar-refractivity contribution in [3.8, 4) is 0 Å². The van der Waals surface area contributed by atoms with E-state index in [9.17, 15) is 13.6 Å². The van der Waals surface area contributed by atoms with Crippen LogP contribution in [0.4, 0.5) is 14.5 Å². The minimum atomic E-state index is -0.885. The van der Waals surface area contributed by atoms with Crippen LogP contribution in [0.2, 0.25) is 0 Å². The van der Waals surface area contributed by atoms with E-state index in [0.717, 1.165) is 21.9 Å². The summed E-state index contributed by atoms with van der Waals surface area (Å²) < 4.78 is 26.6. The summed E-state index contributed by atoms with van der Waals surface area (Å²) in [6.45, 7) is 4.15. The van der Waals surface area contributed by atoms with Gasteiger partial charge in [-0.05, 0) is 73.5 Å². The molecule has 3 rings (SSSR count). The van der Waals surface area contributed by atoms with E-state index in [-0.39, 0.29) is 5.56 Å². The van der Waals surface area contributed by atoms with Crippen molar-refractivity contribution in [1.82, 2.24) is 0 Å². The van der Waals surface area contributed by atoms with Gasteiger partial charge < -0.3 is 5.32 Å². The van der Waals surface area contributed by atoms with Crippen LogP contribution in [-0.2, 0) is 0 Å². The van der Waals surface area contributed by atoms with Gasteiger partial charge in [-0.3, -0.25) is 4.79 Å². The quantitative estimate of drug-likeness (QED) is 0.612. The van der Waals surface area contributed by atoms with Crippen LogP contribution < -0.4 is 5.32 Å². The molecular weight excluding hydrogens is 352 g/mol. The Bertz CT molecular complexity index is 955. The van der Waals surface area contributed by atoms with Crippen LogP contribution in [0.5, 0.6) is 0 Å². The number of carbonyl (C=O) groups is 1. The average Bonchev–Trinajstić information content (AvgIpc) is 2.60. The first-order valence-corrected chi connectivity index (χ1v) is 8.85. The second-order valence-electron chi connectivity index (χ2n) is 5.95. The van der Waals surface area contributed by atoms with Crippen molar-refractivity contribution in [3.05, 3.63) is 89.0 Å². The van der Waals surface area contributed by atoms with Crippen molar-refractivity contribution < 1.29 is 13.6 Å². The Morgan fingerprint density at radius 2 is 1.54 bits per heavy atom. The molecule has 0 spiro atoms. The summed E-state index contributed by atoms with van der Waals surface area (Å²) in [7, 11) is 0. The molecule has 0 aliphatic carbocycles. The smallest absolute Gasteiger partial charge is 0.258 e. The van der Waals surface area contributed by atoms with Crippen molar-refractivity contribution in [2.45, 2.75) is 23.6 Å². The maximum Gasteiger partial charge on any atom is 0.258 e. The summed E-state index contributed by atoms with van der Waals surface area (Å²) in [6, 6.07) is 16.4. The number of aryl methyl sites for hydroxylation is 2. The van der Waals surface area contributed by atoms with Gasteiger partial charge in [0, 0.05) is 21.5 Å². The van der Waals surface area contributed by atoms with E-state index in [4.69, 9.17) is 0 Å². The van der Waals surface area contributed by atoms with Crippen LogP contribution in [0, 0.1) is 25.5 Å². The van der Waals surface area contributed by atoms with E-state index >= 15 is 0 Å². The molecule has 26 heavy (non-hydrogen) atoms. The molecule has 1 N–H and O–H groups in total. The molecular formula is C21H17F2NOS. The van der Waals surface area contributed by atoms with E-state index < -0.39 is 17.5 Å². The highest BCUT2D eigenvalue weighted by molar-refractivity contribution is 7.99. The Morgan fingerprint density at radius 1 is 0.846 bits per heavy atom. The topological polar surface area (TPSA) is 29.1 Å². The maximum absolute atomic E-state index is 13.7. The first-order chi connectivity index (χ1) is 12.4. The molecule has 0 saturated carbocycles. The summed E-state index contributed by atoms with van der Waals surface area (Å²) in [5, 5.41) is 2.62. The zero-order valence-electron chi connectivity index (χ0n) is 14.3. The van der Waals surface area contributed by atoms with Crippen molar-refractivity contribution in [2.24, 2.45) is 0 Å². The highest BCUT2D eigenvalue weighted by Crippen LogP contribution is 2.30. The van der Waals surface area contributed by atoms with Gasteiger partial charge in [0.15, 0.2) is 0 Å². The molecule has 0 heterocycles. The van der Waals surface area contributed by atoms with E-state index in [0.29, 0.717) is 11.8 Å². The number of amides is 1. The third kappa shape index (κ3) is 4.29. The van der Waals surface area contributed by atoms with Gasteiger partial charge >= 0.3 is 0 Å². The minimum Gasteiger partial charge on any atom is -0.322 e. The largest absolute Gasteiger partial charge is 0.322 e. The Morgan fingerprint density at radius 3 is 2.19 bits per heavy atom. The molecule has 3 aromatic carbocycles. The van der Waals surface area contributed by atoms with Crippen molar-refractivity contribution >= 4 is 23.4 Å². The van der Waals surface area contributed by atoms with Gasteiger partial charge in [0.25, 0.3) is 5.91 Å². The number of benzene rings is 3. The summed E-state index contributed by atoms with van der Waals surface area (Å²) in [6.07, 6.45) is 0. The fraction of sp³-hybridized carbons (Fsp3) is 0.0952. The van der Waals surface area contributed by atoms with Gasteiger partial charge in [-0.15, -0.1) is 0 Å². The standard InChI is InChI=1S/C21H17F2NOS/c1-13-3-7-18(11-14(13)2)26-17-8-5-16(6-9-17)24-21(25)19-10-4-15(22)12-20(19)23/h3-12H,1-2H3,(H,24,25). The summed E-state index contributed by atoms with van der Waals surface area (Å²) in [5.41, 5.74) is 2.84. The highest BCUT2D eigenvalue weighted by Gasteiger charge is 2.12. The number of hydrogen-bond acceptors (Lipinski definition) is 2. The van der Waals surface area contributed by atoms with Gasteiger partial charge in [-0.1, -0.05) is 17.8 Å². The Labute approximate surface area is 155 Å². The third-order valence-corrected chi connectivity index (χ3v) is 5.00. The van der Waals surface area contributed by atoms with Crippen molar-refractivity contribution in [3.63, 3.8) is 0 Å². The van der Waals surface area contributed by atoms with E-state index in [1.54, 1.807) is 23.9 Å². The lowest BCUT2D eigenvalue weighted by molar-refractivity contribution is 0.102. The Balaban J connectivity index is 1.69. The first kappa shape index (κ1) is 18.1. The molecule has 5 heteroatoms. The number of halogens is 2. The Kier molecular flexibility index (Phi) is 5.38. The van der Waals surface area contributed by atoms with Crippen LogP contribution in [0.15, 0.2) is 70.5 Å². The molecule has 0 aromatic heterocycles. The first-order valence-electron chi connectivity index (χ1n) is 8.04. The highest BCUT2D eigenvalue weighted by atomic mass is 32.2. The minimum absolute atomic E-state index is 0.194. The van der Waals surface area contributed by atoms with Crippen LogP contribution in [0.3, 0.4) is 0 Å². The molecule has 132 valence electrons. The van der Waals surface area contributed by atoms with Gasteiger partial charge in [0.2, 0.25) is 0 Å². The van der Waals surface area contributed by atoms with Crippen LogP contribution >= 0.6 is 11.8 Å². The third-order valence-electron chi connectivity index (χ3n) is 4.00. The van der Waals surface area contributed by atoms with Crippen LogP contribution in [-0.4, -0.2) is 5.91 Å². The molecule has 0 radical (unpaired) electrons. The van der Waals surface area contributed by atoms with E-state index in [2.05, 4.69) is 37.4 Å². The molecule has 0 bridgehead atoms. The second kappa shape index (κ2) is 7.70. The summed E-state index contributed by atoms with van der Waals surface area (Å²) in [5.74, 6) is -2.21. The van der Waals surface area contributed by atoms with Crippen LogP contribution in [0.25, 0.3) is 0 Å². The predicted molar refractivity (Wildman–Crippen MR) is 101 cm³/mol. The molecule has 0 saturated heterocycles. The molecule has 0 atom stereocenters. The fourth-order valence-corrected chi connectivity index (χ4v) is 3.31. The Hall–Kier alpha value is -2.66. The monoisotopic (exact) mass is 369 g/mol. The number of hydrogen-bond donors (Lipinski definition) is 1. The lowest BCUT2D eigenvalue weighted by Gasteiger charge is -2.08. The average molecular weight is 369 g/mol. The van der Waals surface area contributed by atoms with E-state index in [1.807, 2.05) is 12.1 Å². The number of anilines is 1. The van der Waals surface area contributed by atoms with Gasteiger partial charge in [-0.25, -0.2) is 8.78 Å². The molecule has 2 nitrogen and oxygen atoms in total. The van der Waals surface area contributed by atoms with Gasteiger partial charge in [0.05, 0.1) is 5.56 Å². The van der Waals surface area contributed by atoms with Gasteiger partial charge in [0.1, 0.15) is 11.6 Å². The zero-order valence-corrected chi connectivity index (χ0v) is 15.2. The van der Waals surface area contributed by atoms with Crippen LogP contribution in [0.1, 0.15) is 21.5 Å². The fourth-order valence-electron chi connectivity index (χ4n) is 2.39. The summed E-state index contributed by atoms with van der Waals surface area (Å²) in [4.78, 5) is 14.3. The molecule has 0 fully saturated rings. The number of rotatable bonds is 4. The lowest BCUT2D eigenvalue weighted by Crippen LogP contribution is -2.13. The number of carbonyl (C=O) groups excluding carboxylic acids is 1. The molecule has 0 aliphatic rings. The zero-order chi connectivity index (χ0) is 18.7. The van der Waals surface area contributed by atoms with E-state index in [1.165, 1.54) is 11.1 Å². The molecule has 0 aliphatic heterocycles. The SMILES string of the molecule is Cc1ccc(Sc2ccc(NC(=O)c3ccc(F)cc3F)cc2)cc1C. The normalized spacial score (nSPS) is 10.6.